The molecule has 19 heavy (non-hydrogen) atoms. The van der Waals surface area contributed by atoms with E-state index in [-0.39, 0.29) is 11.2 Å². The van der Waals surface area contributed by atoms with Crippen LogP contribution in [0.15, 0.2) is 23.1 Å². The Labute approximate surface area is 114 Å². The van der Waals surface area contributed by atoms with Gasteiger partial charge in [0, 0.05) is 19.9 Å². The van der Waals surface area contributed by atoms with E-state index in [4.69, 9.17) is 9.47 Å². The molecular formula is C12H20N2O4S. The number of hydrogen-bond acceptors (Lipinski definition) is 5. The first-order valence-electron chi connectivity index (χ1n) is 5.78. The number of methoxy groups -OCH3 is 2. The van der Waals surface area contributed by atoms with E-state index in [9.17, 15) is 8.42 Å². The van der Waals surface area contributed by atoms with Crippen LogP contribution in [0.25, 0.3) is 0 Å². The van der Waals surface area contributed by atoms with E-state index in [1.807, 2.05) is 6.07 Å². The maximum absolute atomic E-state index is 11.8. The highest BCUT2D eigenvalue weighted by Crippen LogP contribution is 2.19. The summed E-state index contributed by atoms with van der Waals surface area (Å²) in [5, 5.41) is 3.07. The molecule has 0 saturated carbocycles. The summed E-state index contributed by atoms with van der Waals surface area (Å²) in [6, 6.07) is 5.15. The van der Waals surface area contributed by atoms with Crippen LogP contribution in [-0.2, 0) is 19.5 Å². The van der Waals surface area contributed by atoms with Crippen molar-refractivity contribution in [3.63, 3.8) is 0 Å². The molecule has 2 N–H and O–H groups in total. The van der Waals surface area contributed by atoms with Gasteiger partial charge in [0.25, 0.3) is 0 Å². The van der Waals surface area contributed by atoms with Crippen molar-refractivity contribution in [2.75, 3.05) is 33.1 Å². The minimum atomic E-state index is -3.45. The number of aryl methyl sites for hydroxylation is 1. The third-order valence-corrected chi connectivity index (χ3v) is 4.30. The quantitative estimate of drug-likeness (QED) is 0.730. The molecule has 7 heteroatoms. The van der Waals surface area contributed by atoms with Crippen LogP contribution < -0.4 is 10.0 Å². The van der Waals surface area contributed by atoms with Crippen molar-refractivity contribution < 1.29 is 17.9 Å². The number of ether oxygens (including phenoxy) is 2. The summed E-state index contributed by atoms with van der Waals surface area (Å²) >= 11 is 0. The largest absolute Gasteiger partial charge is 0.380 e. The summed E-state index contributed by atoms with van der Waals surface area (Å²) in [6.45, 7) is 2.18. The van der Waals surface area contributed by atoms with E-state index in [1.165, 1.54) is 7.05 Å². The minimum absolute atomic E-state index is 0.256. The summed E-state index contributed by atoms with van der Waals surface area (Å²) in [6.07, 6.45) is -0.384. The third kappa shape index (κ3) is 4.17. The third-order valence-electron chi connectivity index (χ3n) is 2.75. The van der Waals surface area contributed by atoms with E-state index in [0.29, 0.717) is 17.8 Å². The van der Waals surface area contributed by atoms with E-state index in [0.717, 1.165) is 0 Å². The smallest absolute Gasteiger partial charge is 0.240 e. The van der Waals surface area contributed by atoms with Crippen LogP contribution in [0.5, 0.6) is 0 Å². The lowest BCUT2D eigenvalue weighted by atomic mass is 10.2. The van der Waals surface area contributed by atoms with E-state index in [1.54, 1.807) is 33.3 Å². The summed E-state index contributed by atoms with van der Waals surface area (Å²) in [7, 11) is 1.02. The van der Waals surface area contributed by atoms with Crippen LogP contribution in [-0.4, -0.2) is 42.5 Å². The van der Waals surface area contributed by atoms with Gasteiger partial charge in [0.1, 0.15) is 0 Å². The number of sulfonamides is 1. The predicted molar refractivity (Wildman–Crippen MR) is 73.7 cm³/mol. The fourth-order valence-electron chi connectivity index (χ4n) is 1.57. The van der Waals surface area contributed by atoms with Gasteiger partial charge in [-0.15, -0.1) is 0 Å². The molecule has 0 aliphatic rings. The van der Waals surface area contributed by atoms with Crippen molar-refractivity contribution in [2.45, 2.75) is 18.1 Å². The molecule has 0 aliphatic heterocycles. The average molecular weight is 288 g/mol. The molecule has 1 aromatic rings. The van der Waals surface area contributed by atoms with Gasteiger partial charge < -0.3 is 14.8 Å². The zero-order valence-electron chi connectivity index (χ0n) is 11.6. The van der Waals surface area contributed by atoms with E-state index < -0.39 is 10.0 Å². The molecular weight excluding hydrogens is 268 g/mol. The zero-order chi connectivity index (χ0) is 14.5. The SMILES string of the molecule is CNS(=O)(=O)c1cc(NCC(OC)OC)ccc1C. The van der Waals surface area contributed by atoms with Crippen LogP contribution in [0, 0.1) is 6.92 Å². The van der Waals surface area contributed by atoms with Crippen LogP contribution in [0.4, 0.5) is 5.69 Å². The summed E-state index contributed by atoms with van der Waals surface area (Å²) in [5.41, 5.74) is 1.38. The van der Waals surface area contributed by atoms with Gasteiger partial charge in [0.2, 0.25) is 10.0 Å². The molecule has 0 unspecified atom stereocenters. The molecule has 1 aromatic carbocycles. The highest BCUT2D eigenvalue weighted by molar-refractivity contribution is 7.89. The fraction of sp³-hybridized carbons (Fsp3) is 0.500. The second-order valence-electron chi connectivity index (χ2n) is 3.97. The van der Waals surface area contributed by atoms with E-state index in [2.05, 4.69) is 10.0 Å². The first kappa shape index (κ1) is 15.9. The Morgan fingerprint density at radius 2 is 1.89 bits per heavy atom. The molecule has 0 aromatic heterocycles. The number of nitrogens with one attached hydrogen (secondary N) is 2. The van der Waals surface area contributed by atoms with Crippen molar-refractivity contribution in [3.8, 4) is 0 Å². The summed E-state index contributed by atoms with van der Waals surface area (Å²) in [5.74, 6) is 0. The topological polar surface area (TPSA) is 76.7 Å². The molecule has 0 fully saturated rings. The number of rotatable bonds is 7. The first-order chi connectivity index (χ1) is 8.94. The Bertz CT molecular complexity index is 512. The molecule has 0 bridgehead atoms. The number of benzene rings is 1. The molecule has 0 atom stereocenters. The number of anilines is 1. The standard InChI is InChI=1S/C12H20N2O4S/c1-9-5-6-10(14-8-12(17-3)18-4)7-11(9)19(15,16)13-2/h5-7,12-14H,8H2,1-4H3. The number of hydrogen-bond donors (Lipinski definition) is 2. The molecule has 0 saturated heterocycles. The minimum Gasteiger partial charge on any atom is -0.380 e. The lowest BCUT2D eigenvalue weighted by Gasteiger charge is -2.16. The maximum atomic E-state index is 11.8. The molecule has 0 amide bonds. The molecule has 0 aliphatic carbocycles. The highest BCUT2D eigenvalue weighted by Gasteiger charge is 2.15. The first-order valence-corrected chi connectivity index (χ1v) is 7.26. The van der Waals surface area contributed by atoms with Crippen LogP contribution in [0.1, 0.15) is 5.56 Å². The fourth-order valence-corrected chi connectivity index (χ4v) is 2.57. The Kier molecular flexibility index (Phi) is 5.74. The van der Waals surface area contributed by atoms with Gasteiger partial charge in [-0.1, -0.05) is 6.07 Å². The van der Waals surface area contributed by atoms with Crippen molar-refractivity contribution >= 4 is 15.7 Å². The summed E-state index contributed by atoms with van der Waals surface area (Å²) in [4.78, 5) is 0.256. The maximum Gasteiger partial charge on any atom is 0.240 e. The van der Waals surface area contributed by atoms with Crippen molar-refractivity contribution in [1.82, 2.24) is 4.72 Å². The Morgan fingerprint density at radius 3 is 2.42 bits per heavy atom. The molecule has 1 rings (SSSR count). The molecule has 0 radical (unpaired) electrons. The second kappa shape index (κ2) is 6.85. The molecule has 0 heterocycles. The van der Waals surface area contributed by atoms with Crippen molar-refractivity contribution in [3.05, 3.63) is 23.8 Å². The van der Waals surface area contributed by atoms with Gasteiger partial charge >= 0.3 is 0 Å². The highest BCUT2D eigenvalue weighted by atomic mass is 32.2. The summed E-state index contributed by atoms with van der Waals surface area (Å²) < 4.78 is 36.1. The van der Waals surface area contributed by atoms with Crippen molar-refractivity contribution in [1.29, 1.82) is 0 Å². The Hall–Kier alpha value is -1.15. The normalized spacial score (nSPS) is 11.8. The predicted octanol–water partition coefficient (Wildman–Crippen LogP) is 0.934. The van der Waals surface area contributed by atoms with Gasteiger partial charge in [0.05, 0.1) is 11.4 Å². The van der Waals surface area contributed by atoms with Crippen LogP contribution >= 0.6 is 0 Å². The van der Waals surface area contributed by atoms with Crippen LogP contribution in [0.3, 0.4) is 0 Å². The van der Waals surface area contributed by atoms with Crippen LogP contribution in [0.2, 0.25) is 0 Å². The molecule has 108 valence electrons. The van der Waals surface area contributed by atoms with Gasteiger partial charge in [-0.2, -0.15) is 0 Å². The van der Waals surface area contributed by atoms with Gasteiger partial charge in [-0.25, -0.2) is 13.1 Å². The lowest BCUT2D eigenvalue weighted by molar-refractivity contribution is -0.0914. The van der Waals surface area contributed by atoms with Crippen molar-refractivity contribution in [2.24, 2.45) is 0 Å². The molecule has 6 nitrogen and oxygen atoms in total. The second-order valence-corrected chi connectivity index (χ2v) is 5.82. The molecule has 0 spiro atoms. The van der Waals surface area contributed by atoms with Gasteiger partial charge in [-0.05, 0) is 31.7 Å². The Morgan fingerprint density at radius 1 is 1.26 bits per heavy atom. The lowest BCUT2D eigenvalue weighted by Crippen LogP contribution is -2.24. The Balaban J connectivity index is 2.91. The van der Waals surface area contributed by atoms with Gasteiger partial charge in [-0.3, -0.25) is 0 Å². The van der Waals surface area contributed by atoms with E-state index >= 15 is 0 Å². The monoisotopic (exact) mass is 288 g/mol. The van der Waals surface area contributed by atoms with Gasteiger partial charge in [0.15, 0.2) is 6.29 Å². The zero-order valence-corrected chi connectivity index (χ0v) is 12.4. The average Bonchev–Trinajstić information content (AvgIpc) is 2.41.